The molecule has 1 aromatic heterocycles. The number of nitrogens with two attached hydrogens (primary N) is 1. The first-order valence-electron chi connectivity index (χ1n) is 7.35. The molecule has 0 aliphatic heterocycles. The van der Waals surface area contributed by atoms with Gasteiger partial charge in [0.05, 0.1) is 18.5 Å². The molecule has 0 amide bonds. The summed E-state index contributed by atoms with van der Waals surface area (Å²) in [5.41, 5.74) is 6.83. The van der Waals surface area contributed by atoms with Crippen molar-refractivity contribution in [2.24, 2.45) is 5.73 Å². The van der Waals surface area contributed by atoms with Gasteiger partial charge in [-0.15, -0.1) is 0 Å². The number of para-hydroxylation sites is 2. The Morgan fingerprint density at radius 2 is 1.86 bits per heavy atom. The van der Waals surface area contributed by atoms with E-state index in [1.165, 1.54) is 0 Å². The van der Waals surface area contributed by atoms with Gasteiger partial charge in [-0.25, -0.2) is 0 Å². The molecule has 0 spiro atoms. The molecule has 2 rings (SSSR count). The molecule has 0 bridgehead atoms. The van der Waals surface area contributed by atoms with Crippen molar-refractivity contribution in [1.82, 2.24) is 4.98 Å². The normalized spacial score (nSPS) is 12.0. The highest BCUT2D eigenvalue weighted by atomic mass is 16.5. The Morgan fingerprint density at radius 1 is 1.10 bits per heavy atom. The summed E-state index contributed by atoms with van der Waals surface area (Å²) in [5.74, 6) is 2.11. The predicted molar refractivity (Wildman–Crippen MR) is 83.8 cm³/mol. The lowest BCUT2D eigenvalue weighted by molar-refractivity contribution is 0.302. The fourth-order valence-corrected chi connectivity index (χ4v) is 1.87. The van der Waals surface area contributed by atoms with E-state index in [2.05, 4.69) is 11.9 Å². The van der Waals surface area contributed by atoms with Crippen molar-refractivity contribution in [2.75, 3.05) is 6.61 Å². The molecular weight excluding hydrogens is 264 g/mol. The summed E-state index contributed by atoms with van der Waals surface area (Å²) in [5, 5.41) is 0. The SMILES string of the molecule is CCCOc1ccccc1Oc1ccc(C(N)CC)nc1. The monoisotopic (exact) mass is 286 g/mol. The van der Waals surface area contributed by atoms with Crippen molar-refractivity contribution in [3.8, 4) is 17.2 Å². The van der Waals surface area contributed by atoms with Gasteiger partial charge in [0.25, 0.3) is 0 Å². The van der Waals surface area contributed by atoms with Crippen LogP contribution in [-0.2, 0) is 0 Å². The quantitative estimate of drug-likeness (QED) is 0.833. The molecule has 0 fully saturated rings. The Morgan fingerprint density at radius 3 is 2.48 bits per heavy atom. The van der Waals surface area contributed by atoms with Gasteiger partial charge in [-0.05, 0) is 37.1 Å². The van der Waals surface area contributed by atoms with Crippen LogP contribution in [0.1, 0.15) is 38.4 Å². The van der Waals surface area contributed by atoms with Crippen LogP contribution in [0.2, 0.25) is 0 Å². The van der Waals surface area contributed by atoms with Crippen molar-refractivity contribution < 1.29 is 9.47 Å². The minimum atomic E-state index is -0.0285. The molecule has 1 unspecified atom stereocenters. The Labute approximate surface area is 125 Å². The predicted octanol–water partition coefficient (Wildman–Crippen LogP) is 4.07. The van der Waals surface area contributed by atoms with E-state index in [0.717, 1.165) is 24.3 Å². The van der Waals surface area contributed by atoms with Gasteiger partial charge < -0.3 is 15.2 Å². The molecule has 2 aromatic rings. The van der Waals surface area contributed by atoms with E-state index >= 15 is 0 Å². The molecule has 0 saturated carbocycles. The van der Waals surface area contributed by atoms with Gasteiger partial charge in [0.15, 0.2) is 11.5 Å². The van der Waals surface area contributed by atoms with Crippen LogP contribution in [0, 0.1) is 0 Å². The van der Waals surface area contributed by atoms with Gasteiger partial charge in [0.1, 0.15) is 5.75 Å². The third-order valence-electron chi connectivity index (χ3n) is 3.12. The maximum absolute atomic E-state index is 5.95. The van der Waals surface area contributed by atoms with Crippen LogP contribution < -0.4 is 15.2 Å². The summed E-state index contributed by atoms with van der Waals surface area (Å²) in [6.07, 6.45) is 3.52. The fourth-order valence-electron chi connectivity index (χ4n) is 1.87. The zero-order chi connectivity index (χ0) is 15.1. The molecule has 0 aliphatic rings. The molecule has 4 nitrogen and oxygen atoms in total. The number of pyridine rings is 1. The standard InChI is InChI=1S/C17H22N2O2/c1-3-11-20-16-7-5-6-8-17(16)21-13-9-10-15(19-12-13)14(18)4-2/h5-10,12,14H,3-4,11,18H2,1-2H3. The molecule has 1 aromatic carbocycles. The smallest absolute Gasteiger partial charge is 0.169 e. The van der Waals surface area contributed by atoms with Gasteiger partial charge in [0, 0.05) is 6.04 Å². The molecule has 112 valence electrons. The van der Waals surface area contributed by atoms with Crippen molar-refractivity contribution >= 4 is 0 Å². The summed E-state index contributed by atoms with van der Waals surface area (Å²) >= 11 is 0. The second-order valence-electron chi connectivity index (χ2n) is 4.83. The van der Waals surface area contributed by atoms with Gasteiger partial charge >= 0.3 is 0 Å². The second kappa shape index (κ2) is 7.64. The first-order valence-corrected chi connectivity index (χ1v) is 7.35. The Hall–Kier alpha value is -2.07. The van der Waals surface area contributed by atoms with Crippen LogP contribution in [0.5, 0.6) is 17.2 Å². The van der Waals surface area contributed by atoms with Crippen molar-refractivity contribution in [3.63, 3.8) is 0 Å². The molecule has 0 radical (unpaired) electrons. The van der Waals surface area contributed by atoms with Crippen LogP contribution in [0.3, 0.4) is 0 Å². The van der Waals surface area contributed by atoms with Crippen LogP contribution in [0.15, 0.2) is 42.6 Å². The van der Waals surface area contributed by atoms with Gasteiger partial charge in [-0.3, -0.25) is 4.98 Å². The minimum Gasteiger partial charge on any atom is -0.490 e. The van der Waals surface area contributed by atoms with Gasteiger partial charge in [-0.2, -0.15) is 0 Å². The number of hydrogen-bond donors (Lipinski definition) is 1. The van der Waals surface area contributed by atoms with E-state index in [4.69, 9.17) is 15.2 Å². The topological polar surface area (TPSA) is 57.4 Å². The van der Waals surface area contributed by atoms with Crippen LogP contribution in [0.25, 0.3) is 0 Å². The number of rotatable bonds is 7. The van der Waals surface area contributed by atoms with E-state index in [1.54, 1.807) is 6.20 Å². The number of nitrogens with zero attached hydrogens (tertiary/aromatic N) is 1. The molecule has 4 heteroatoms. The first kappa shape index (κ1) is 15.3. The third-order valence-corrected chi connectivity index (χ3v) is 3.12. The lowest BCUT2D eigenvalue weighted by atomic mass is 10.1. The summed E-state index contributed by atoms with van der Waals surface area (Å²) in [6, 6.07) is 11.4. The van der Waals surface area contributed by atoms with Gasteiger partial charge in [-0.1, -0.05) is 26.0 Å². The van der Waals surface area contributed by atoms with E-state index in [0.29, 0.717) is 18.1 Å². The second-order valence-corrected chi connectivity index (χ2v) is 4.83. The zero-order valence-electron chi connectivity index (χ0n) is 12.6. The highest BCUT2D eigenvalue weighted by Gasteiger charge is 2.08. The molecule has 0 aliphatic carbocycles. The van der Waals surface area contributed by atoms with Crippen molar-refractivity contribution in [2.45, 2.75) is 32.7 Å². The summed E-state index contributed by atoms with van der Waals surface area (Å²) < 4.78 is 11.5. The van der Waals surface area contributed by atoms with Crippen LogP contribution in [-0.4, -0.2) is 11.6 Å². The highest BCUT2D eigenvalue weighted by molar-refractivity contribution is 5.42. The van der Waals surface area contributed by atoms with Crippen molar-refractivity contribution in [1.29, 1.82) is 0 Å². The maximum atomic E-state index is 5.95. The summed E-state index contributed by atoms with van der Waals surface area (Å²) in [6.45, 7) is 4.78. The van der Waals surface area contributed by atoms with E-state index in [-0.39, 0.29) is 6.04 Å². The van der Waals surface area contributed by atoms with E-state index < -0.39 is 0 Å². The molecular formula is C17H22N2O2. The highest BCUT2D eigenvalue weighted by Crippen LogP contribution is 2.31. The maximum Gasteiger partial charge on any atom is 0.169 e. The largest absolute Gasteiger partial charge is 0.490 e. The molecule has 1 heterocycles. The summed E-state index contributed by atoms with van der Waals surface area (Å²) in [7, 11) is 0. The summed E-state index contributed by atoms with van der Waals surface area (Å²) in [4.78, 5) is 4.35. The molecule has 21 heavy (non-hydrogen) atoms. The van der Waals surface area contributed by atoms with Gasteiger partial charge in [0.2, 0.25) is 0 Å². The Kier molecular flexibility index (Phi) is 5.58. The average Bonchev–Trinajstić information content (AvgIpc) is 2.54. The number of ether oxygens (including phenoxy) is 2. The van der Waals surface area contributed by atoms with E-state index in [9.17, 15) is 0 Å². The Bertz CT molecular complexity index is 555. The third kappa shape index (κ3) is 4.20. The Balaban J connectivity index is 2.11. The lowest BCUT2D eigenvalue weighted by Crippen LogP contribution is -2.10. The molecule has 2 N–H and O–H groups in total. The fraction of sp³-hybridized carbons (Fsp3) is 0.353. The first-order chi connectivity index (χ1) is 10.2. The molecule has 0 saturated heterocycles. The average molecular weight is 286 g/mol. The van der Waals surface area contributed by atoms with Crippen LogP contribution >= 0.6 is 0 Å². The number of benzene rings is 1. The number of aromatic nitrogens is 1. The lowest BCUT2D eigenvalue weighted by Gasteiger charge is -2.12. The number of hydrogen-bond acceptors (Lipinski definition) is 4. The zero-order valence-corrected chi connectivity index (χ0v) is 12.6. The van der Waals surface area contributed by atoms with Crippen LogP contribution in [0.4, 0.5) is 0 Å². The van der Waals surface area contributed by atoms with Crippen molar-refractivity contribution in [3.05, 3.63) is 48.3 Å². The molecule has 1 atom stereocenters. The minimum absolute atomic E-state index is 0.0285. The van der Waals surface area contributed by atoms with E-state index in [1.807, 2.05) is 43.3 Å².